The Labute approximate surface area is 434 Å². The summed E-state index contributed by atoms with van der Waals surface area (Å²) in [5, 5.41) is 0. The smallest absolute Gasteiger partial charge is 0.0413 e. The van der Waals surface area contributed by atoms with Gasteiger partial charge >= 0.3 is 0 Å². The molecule has 2 aromatic carbocycles. The third-order valence-electron chi connectivity index (χ3n) is 13.0. The van der Waals surface area contributed by atoms with Crippen LogP contribution in [-0.2, 0) is 16.6 Å². The summed E-state index contributed by atoms with van der Waals surface area (Å²) < 4.78 is 6.90. The molecule has 0 radical (unpaired) electrons. The molecule has 1 aliphatic rings. The van der Waals surface area contributed by atoms with Gasteiger partial charge in [0.25, 0.3) is 0 Å². The number of hydrogen-bond acceptors (Lipinski definition) is 3. The standard InChI is InChI=1S/C15H17N.C12H25N.2C10H17N.C9H21N.C8H13N/c1-13(2)16(14-9-5-3-6-10-14)15-11-7-4-8-12-15;1-10(2)13-11(3,4)8-7-9-12(13,5)6;2*1-8-6-7-9(2)11(8)10(3,4)5;1-7(2)10(8(3)4)9(5)6;1-8(2,3)9-6-4-5-7-9/h3-13H,1-2H3;10H,7-9H2,1-6H3;2*6-7H,1-5H3;7-9H,1-6H3;4-7H,1-3H3. The lowest BCUT2D eigenvalue weighted by Crippen LogP contribution is -2.61. The van der Waals surface area contributed by atoms with Gasteiger partial charge in [0.15, 0.2) is 0 Å². The Bertz CT molecular complexity index is 1950. The molecule has 0 saturated carbocycles. The molecule has 0 aliphatic carbocycles. The Kier molecular flexibility index (Phi) is 25.4. The number of para-hydroxylation sites is 2. The van der Waals surface area contributed by atoms with Gasteiger partial charge in [-0.25, -0.2) is 0 Å². The SMILES string of the molecule is CC(C)(C)n1cccc1.CC(C)N(C(C)C)C(C)C.CC(C)N(c1ccccc1)c1ccccc1.CC(C)N1C(C)(C)CCCC1(C)C.Cc1ccc(C)n1C(C)(C)C.Cc1ccc(C)n1C(C)(C)C. The lowest BCUT2D eigenvalue weighted by molar-refractivity contribution is -0.0508. The van der Waals surface area contributed by atoms with E-state index in [4.69, 9.17) is 0 Å². The Morgan fingerprint density at radius 1 is 0.414 bits per heavy atom. The van der Waals surface area contributed by atoms with Crippen LogP contribution in [0.15, 0.2) is 109 Å². The maximum Gasteiger partial charge on any atom is 0.0413 e. The second-order valence-electron chi connectivity index (χ2n) is 25.3. The lowest BCUT2D eigenvalue weighted by Gasteiger charge is -2.55. The van der Waals surface area contributed by atoms with Gasteiger partial charge in [0.1, 0.15) is 0 Å². The van der Waals surface area contributed by atoms with Crippen LogP contribution in [0.4, 0.5) is 11.4 Å². The number of piperidine rings is 1. The molecule has 0 unspecified atom stereocenters. The number of aryl methyl sites for hydroxylation is 4. The second-order valence-corrected chi connectivity index (χ2v) is 25.3. The first-order chi connectivity index (χ1) is 32.0. The van der Waals surface area contributed by atoms with Crippen LogP contribution in [-0.4, -0.2) is 64.8 Å². The maximum atomic E-state index is 2.68. The summed E-state index contributed by atoms with van der Waals surface area (Å²) >= 11 is 0. The van der Waals surface area contributed by atoms with Crippen molar-refractivity contribution in [2.24, 2.45) is 0 Å². The summed E-state index contributed by atoms with van der Waals surface area (Å²) in [6.45, 7) is 60.6. The van der Waals surface area contributed by atoms with Crippen molar-refractivity contribution < 1.29 is 0 Å². The van der Waals surface area contributed by atoms with Gasteiger partial charge in [0.2, 0.25) is 0 Å². The second kappa shape index (κ2) is 27.7. The highest BCUT2D eigenvalue weighted by Crippen LogP contribution is 2.39. The molecule has 6 nitrogen and oxygen atoms in total. The van der Waals surface area contributed by atoms with Gasteiger partial charge in [-0.1, -0.05) is 36.4 Å². The summed E-state index contributed by atoms with van der Waals surface area (Å²) in [4.78, 5) is 7.52. The molecule has 4 heterocycles. The molecule has 1 fully saturated rings. The van der Waals surface area contributed by atoms with Crippen LogP contribution in [0.2, 0.25) is 0 Å². The molecule has 70 heavy (non-hydrogen) atoms. The van der Waals surface area contributed by atoms with E-state index >= 15 is 0 Å². The molecular weight excluding hydrogens is 853 g/mol. The quantitative estimate of drug-likeness (QED) is 0.162. The summed E-state index contributed by atoms with van der Waals surface area (Å²) in [6.07, 6.45) is 8.23. The third kappa shape index (κ3) is 20.6. The summed E-state index contributed by atoms with van der Waals surface area (Å²) in [5.41, 5.74) is 9.30. The molecule has 5 aromatic rings. The van der Waals surface area contributed by atoms with Crippen LogP contribution in [0, 0.1) is 27.7 Å². The van der Waals surface area contributed by atoms with Gasteiger partial charge in [-0.15, -0.1) is 0 Å². The van der Waals surface area contributed by atoms with Crippen molar-refractivity contribution >= 4 is 11.4 Å². The van der Waals surface area contributed by atoms with Crippen LogP contribution in [0.3, 0.4) is 0 Å². The van der Waals surface area contributed by atoms with Crippen LogP contribution in [0.5, 0.6) is 0 Å². The summed E-state index contributed by atoms with van der Waals surface area (Å²) in [6, 6.07) is 36.9. The number of hydrogen-bond donors (Lipinski definition) is 0. The number of nitrogens with zero attached hydrogens (tertiary/aromatic N) is 6. The molecule has 0 bridgehead atoms. The molecule has 396 valence electrons. The summed E-state index contributed by atoms with van der Waals surface area (Å²) in [7, 11) is 0. The highest BCUT2D eigenvalue weighted by atomic mass is 15.3. The van der Waals surface area contributed by atoms with Crippen molar-refractivity contribution in [1.29, 1.82) is 0 Å². The predicted molar refractivity (Wildman–Crippen MR) is 314 cm³/mol. The van der Waals surface area contributed by atoms with E-state index in [2.05, 4.69) is 301 Å². The van der Waals surface area contributed by atoms with Gasteiger partial charge in [0, 0.05) is 104 Å². The Hall–Kier alpha value is -4.00. The predicted octanol–water partition coefficient (Wildman–Crippen LogP) is 18.1. The monoisotopic (exact) mass is 963 g/mol. The van der Waals surface area contributed by atoms with Crippen LogP contribution >= 0.6 is 0 Å². The van der Waals surface area contributed by atoms with E-state index < -0.39 is 0 Å². The van der Waals surface area contributed by atoms with Crippen LogP contribution < -0.4 is 4.90 Å². The molecule has 1 saturated heterocycles. The van der Waals surface area contributed by atoms with Gasteiger partial charge in [-0.2, -0.15) is 0 Å². The van der Waals surface area contributed by atoms with Crippen LogP contribution in [0.1, 0.15) is 201 Å². The fourth-order valence-corrected chi connectivity index (χ4v) is 11.4. The molecule has 0 spiro atoms. The molecule has 3 aromatic heterocycles. The highest BCUT2D eigenvalue weighted by Gasteiger charge is 2.42. The molecule has 1 aliphatic heterocycles. The minimum atomic E-state index is 0.220. The molecule has 0 N–H and O–H groups in total. The normalized spacial score (nSPS) is 14.7. The average molecular weight is 964 g/mol. The zero-order chi connectivity index (χ0) is 54.2. The molecule has 0 amide bonds. The van der Waals surface area contributed by atoms with Gasteiger partial charge in [-0.05, 0) is 267 Å². The Morgan fingerprint density at radius 2 is 0.714 bits per heavy atom. The first-order valence-electron chi connectivity index (χ1n) is 26.9. The van der Waals surface area contributed by atoms with Crippen molar-refractivity contribution in [3.8, 4) is 0 Å². The number of likely N-dealkylation sites (tertiary alicyclic amines) is 1. The Morgan fingerprint density at radius 3 is 0.886 bits per heavy atom. The third-order valence-corrected chi connectivity index (χ3v) is 13.0. The van der Waals surface area contributed by atoms with Gasteiger partial charge in [-0.3, -0.25) is 9.80 Å². The lowest BCUT2D eigenvalue weighted by atomic mass is 9.79. The summed E-state index contributed by atoms with van der Waals surface area (Å²) in [5.74, 6) is 0. The van der Waals surface area contributed by atoms with Gasteiger partial charge < -0.3 is 18.6 Å². The van der Waals surface area contributed by atoms with E-state index in [1.54, 1.807) is 0 Å². The fraction of sp³-hybridized carbons (Fsp3) is 0.625. The zero-order valence-electron chi connectivity index (χ0n) is 50.6. The molecular formula is C64H110N6. The maximum absolute atomic E-state index is 2.68. The van der Waals surface area contributed by atoms with Crippen molar-refractivity contribution in [3.05, 3.63) is 132 Å². The minimum absolute atomic E-state index is 0.220. The van der Waals surface area contributed by atoms with Crippen molar-refractivity contribution in [2.75, 3.05) is 4.90 Å². The average Bonchev–Trinajstić information content (AvgIpc) is 3.95. The van der Waals surface area contributed by atoms with E-state index in [9.17, 15) is 0 Å². The van der Waals surface area contributed by atoms with Crippen LogP contribution in [0.25, 0.3) is 0 Å². The highest BCUT2D eigenvalue weighted by molar-refractivity contribution is 5.63. The van der Waals surface area contributed by atoms with Crippen molar-refractivity contribution in [2.45, 2.75) is 264 Å². The van der Waals surface area contributed by atoms with E-state index in [1.165, 1.54) is 53.4 Å². The Balaban J connectivity index is 0.000000425. The van der Waals surface area contributed by atoms with Gasteiger partial charge in [0.05, 0.1) is 0 Å². The van der Waals surface area contributed by atoms with Crippen molar-refractivity contribution in [3.63, 3.8) is 0 Å². The van der Waals surface area contributed by atoms with E-state index in [1.807, 2.05) is 24.3 Å². The first-order valence-corrected chi connectivity index (χ1v) is 26.9. The first kappa shape index (κ1) is 64.0. The number of benzene rings is 2. The molecule has 0 atom stereocenters. The topological polar surface area (TPSA) is 24.5 Å². The van der Waals surface area contributed by atoms with E-state index in [-0.39, 0.29) is 16.6 Å². The fourth-order valence-electron chi connectivity index (χ4n) is 11.4. The minimum Gasteiger partial charge on any atom is -0.349 e. The zero-order valence-corrected chi connectivity index (χ0v) is 50.6. The molecule has 6 rings (SSSR count). The molecule has 6 heteroatoms. The largest absolute Gasteiger partial charge is 0.349 e. The van der Waals surface area contributed by atoms with Crippen molar-refractivity contribution in [1.82, 2.24) is 23.5 Å². The van der Waals surface area contributed by atoms with E-state index in [0.717, 1.165) is 0 Å². The number of rotatable bonds is 7. The number of anilines is 2. The number of aromatic nitrogens is 3. The van der Waals surface area contributed by atoms with E-state index in [0.29, 0.717) is 41.3 Å².